The summed E-state index contributed by atoms with van der Waals surface area (Å²) in [4.78, 5) is 0. The van der Waals surface area contributed by atoms with E-state index in [0.29, 0.717) is 0 Å². The zero-order chi connectivity index (χ0) is 14.2. The molecular formula is C21H18. The van der Waals surface area contributed by atoms with Crippen LogP contribution in [0.15, 0.2) is 66.7 Å². The summed E-state index contributed by atoms with van der Waals surface area (Å²) >= 11 is 0. The van der Waals surface area contributed by atoms with Gasteiger partial charge in [-0.15, -0.1) is 0 Å². The van der Waals surface area contributed by atoms with Crippen LogP contribution in [0.4, 0.5) is 0 Å². The molecule has 0 aliphatic heterocycles. The van der Waals surface area contributed by atoms with E-state index in [1.54, 1.807) is 0 Å². The third kappa shape index (κ3) is 2.08. The Morgan fingerprint density at radius 2 is 1.24 bits per heavy atom. The molecular weight excluding hydrogens is 252 g/mol. The van der Waals surface area contributed by atoms with Gasteiger partial charge in [0.2, 0.25) is 0 Å². The van der Waals surface area contributed by atoms with Gasteiger partial charge >= 0.3 is 0 Å². The summed E-state index contributed by atoms with van der Waals surface area (Å²) in [6.45, 7) is 2.24. The smallest absolute Gasteiger partial charge is 0.0146 e. The van der Waals surface area contributed by atoms with Gasteiger partial charge in [-0.1, -0.05) is 55.8 Å². The highest BCUT2D eigenvalue weighted by atomic mass is 14.1. The average Bonchev–Trinajstić information content (AvgIpc) is 2.52. The molecule has 102 valence electrons. The van der Waals surface area contributed by atoms with Crippen molar-refractivity contribution in [1.29, 1.82) is 0 Å². The number of fused-ring (bicyclic) bond motifs is 3. The first-order valence-corrected chi connectivity index (χ1v) is 7.69. The predicted octanol–water partition coefficient (Wildman–Crippen LogP) is 6.10. The van der Waals surface area contributed by atoms with Crippen molar-refractivity contribution < 1.29 is 0 Å². The quantitative estimate of drug-likeness (QED) is 0.386. The minimum Gasteiger partial charge on any atom is -0.0651 e. The van der Waals surface area contributed by atoms with Gasteiger partial charge in [-0.25, -0.2) is 0 Å². The Kier molecular flexibility index (Phi) is 2.89. The molecule has 0 aliphatic rings. The van der Waals surface area contributed by atoms with Crippen LogP contribution in [0, 0.1) is 0 Å². The van der Waals surface area contributed by atoms with Crippen LogP contribution in [-0.4, -0.2) is 0 Å². The molecule has 0 heteroatoms. The van der Waals surface area contributed by atoms with Crippen molar-refractivity contribution in [1.82, 2.24) is 0 Å². The predicted molar refractivity (Wildman–Crippen MR) is 93.0 cm³/mol. The van der Waals surface area contributed by atoms with E-state index < -0.39 is 0 Å². The van der Waals surface area contributed by atoms with E-state index in [2.05, 4.69) is 73.7 Å². The van der Waals surface area contributed by atoms with E-state index in [0.717, 1.165) is 6.42 Å². The molecule has 4 rings (SSSR count). The van der Waals surface area contributed by atoms with Crippen molar-refractivity contribution in [3.63, 3.8) is 0 Å². The zero-order valence-electron chi connectivity index (χ0n) is 12.3. The molecule has 0 unspecified atom stereocenters. The second-order valence-corrected chi connectivity index (χ2v) is 5.79. The molecule has 0 fully saturated rings. The second kappa shape index (κ2) is 4.89. The van der Waals surface area contributed by atoms with Crippen LogP contribution in [0.5, 0.6) is 0 Å². The third-order valence-corrected chi connectivity index (χ3v) is 4.31. The third-order valence-electron chi connectivity index (χ3n) is 4.31. The topological polar surface area (TPSA) is 0 Å². The Hall–Kier alpha value is -2.34. The molecule has 0 saturated carbocycles. The average molecular weight is 270 g/mol. The molecule has 4 aromatic carbocycles. The molecule has 0 spiro atoms. The highest BCUT2D eigenvalue weighted by molar-refractivity contribution is 6.05. The van der Waals surface area contributed by atoms with Gasteiger partial charge in [0.25, 0.3) is 0 Å². The lowest BCUT2D eigenvalue weighted by Gasteiger charge is -2.09. The summed E-state index contributed by atoms with van der Waals surface area (Å²) in [5.41, 5.74) is 1.46. The maximum Gasteiger partial charge on any atom is -0.0146 e. The first kappa shape index (κ1) is 12.4. The van der Waals surface area contributed by atoms with Crippen LogP contribution in [0.2, 0.25) is 0 Å². The number of benzene rings is 4. The molecule has 0 aliphatic carbocycles. The van der Waals surface area contributed by atoms with E-state index in [4.69, 9.17) is 0 Å². The van der Waals surface area contributed by atoms with E-state index >= 15 is 0 Å². The van der Waals surface area contributed by atoms with Crippen molar-refractivity contribution in [2.45, 2.75) is 19.8 Å². The Morgan fingerprint density at radius 3 is 1.95 bits per heavy atom. The van der Waals surface area contributed by atoms with Gasteiger partial charge < -0.3 is 0 Å². The standard InChI is InChI=1S/C21H18/c1-2-6-15-9-5-10-18-13-19-11-16-7-3-4-8-17(16)12-20(19)14-21(15)18/h3-5,7-14H,2,6H2,1H3. The Balaban J connectivity index is 2.08. The van der Waals surface area contributed by atoms with Crippen molar-refractivity contribution in [3.8, 4) is 0 Å². The van der Waals surface area contributed by atoms with Gasteiger partial charge in [-0.3, -0.25) is 0 Å². The fraction of sp³-hybridized carbons (Fsp3) is 0.143. The van der Waals surface area contributed by atoms with Gasteiger partial charge in [-0.2, -0.15) is 0 Å². The second-order valence-electron chi connectivity index (χ2n) is 5.79. The van der Waals surface area contributed by atoms with Crippen LogP contribution in [0.3, 0.4) is 0 Å². The Labute approximate surface area is 125 Å². The van der Waals surface area contributed by atoms with Crippen LogP contribution in [0.25, 0.3) is 32.3 Å². The van der Waals surface area contributed by atoms with E-state index in [-0.39, 0.29) is 0 Å². The van der Waals surface area contributed by atoms with Gasteiger partial charge in [0.15, 0.2) is 0 Å². The number of hydrogen-bond acceptors (Lipinski definition) is 0. The van der Waals surface area contributed by atoms with E-state index in [9.17, 15) is 0 Å². The molecule has 0 aromatic heterocycles. The molecule has 0 radical (unpaired) electrons. The largest absolute Gasteiger partial charge is 0.0651 e. The van der Waals surface area contributed by atoms with Crippen molar-refractivity contribution in [3.05, 3.63) is 72.3 Å². The highest BCUT2D eigenvalue weighted by Crippen LogP contribution is 2.29. The van der Waals surface area contributed by atoms with Crippen molar-refractivity contribution >= 4 is 32.3 Å². The maximum absolute atomic E-state index is 2.36. The fourth-order valence-electron chi connectivity index (χ4n) is 3.27. The highest BCUT2D eigenvalue weighted by Gasteiger charge is 2.04. The van der Waals surface area contributed by atoms with Crippen molar-refractivity contribution in [2.75, 3.05) is 0 Å². The van der Waals surface area contributed by atoms with E-state index in [1.807, 2.05) is 0 Å². The van der Waals surface area contributed by atoms with Gasteiger partial charge in [-0.05, 0) is 68.6 Å². The lowest BCUT2D eigenvalue weighted by Crippen LogP contribution is -1.86. The normalized spacial score (nSPS) is 11.5. The minimum absolute atomic E-state index is 1.15. The molecule has 0 N–H and O–H groups in total. The van der Waals surface area contributed by atoms with Crippen LogP contribution in [-0.2, 0) is 6.42 Å². The van der Waals surface area contributed by atoms with Gasteiger partial charge in [0, 0.05) is 0 Å². The molecule has 0 amide bonds. The Bertz CT molecular complexity index is 948. The SMILES string of the molecule is CCCc1cccc2cc3cc4ccccc4cc3cc12. The minimum atomic E-state index is 1.15. The van der Waals surface area contributed by atoms with E-state index in [1.165, 1.54) is 44.3 Å². The molecule has 21 heavy (non-hydrogen) atoms. The molecule has 0 heterocycles. The number of hydrogen-bond donors (Lipinski definition) is 0. The molecule has 0 nitrogen and oxygen atoms in total. The Morgan fingerprint density at radius 1 is 0.619 bits per heavy atom. The first-order valence-electron chi connectivity index (χ1n) is 7.69. The first-order chi connectivity index (χ1) is 10.3. The summed E-state index contributed by atoms with van der Waals surface area (Å²) in [5, 5.41) is 8.05. The van der Waals surface area contributed by atoms with Gasteiger partial charge in [0.1, 0.15) is 0 Å². The summed E-state index contributed by atoms with van der Waals surface area (Å²) in [7, 11) is 0. The lowest BCUT2D eigenvalue weighted by molar-refractivity contribution is 0.930. The van der Waals surface area contributed by atoms with Crippen LogP contribution >= 0.6 is 0 Å². The molecule has 4 aromatic rings. The fourth-order valence-corrected chi connectivity index (χ4v) is 3.27. The van der Waals surface area contributed by atoms with Crippen LogP contribution < -0.4 is 0 Å². The lowest BCUT2D eigenvalue weighted by atomic mass is 9.96. The monoisotopic (exact) mass is 270 g/mol. The summed E-state index contributed by atoms with van der Waals surface area (Å²) in [6.07, 6.45) is 2.34. The summed E-state index contributed by atoms with van der Waals surface area (Å²) < 4.78 is 0. The zero-order valence-corrected chi connectivity index (χ0v) is 12.3. The summed E-state index contributed by atoms with van der Waals surface area (Å²) in [6, 6.07) is 24.6. The molecule has 0 bridgehead atoms. The summed E-state index contributed by atoms with van der Waals surface area (Å²) in [5.74, 6) is 0. The molecule has 0 saturated heterocycles. The van der Waals surface area contributed by atoms with Crippen LogP contribution in [0.1, 0.15) is 18.9 Å². The molecule has 0 atom stereocenters. The van der Waals surface area contributed by atoms with Crippen molar-refractivity contribution in [2.24, 2.45) is 0 Å². The number of rotatable bonds is 2. The van der Waals surface area contributed by atoms with Gasteiger partial charge in [0.05, 0.1) is 0 Å². The number of aryl methyl sites for hydroxylation is 1. The maximum atomic E-state index is 2.36.